The number of aromatic nitrogens is 3. The molecule has 2 N–H and O–H groups in total. The monoisotopic (exact) mass is 519 g/mol. The van der Waals surface area contributed by atoms with Gasteiger partial charge in [0.05, 0.1) is 34.0 Å². The molecule has 1 saturated heterocycles. The molecule has 0 bridgehead atoms. The van der Waals surface area contributed by atoms with E-state index < -0.39 is 5.92 Å². The zero-order valence-corrected chi connectivity index (χ0v) is 21.1. The molecule has 1 atom stereocenters. The van der Waals surface area contributed by atoms with Gasteiger partial charge in [-0.3, -0.25) is 19.2 Å². The second-order valence-corrected chi connectivity index (χ2v) is 10.5. The molecule has 2 aromatic heterocycles. The van der Waals surface area contributed by atoms with Crippen LogP contribution in [0.4, 0.5) is 8.78 Å². The highest BCUT2D eigenvalue weighted by atomic mass is 32.1. The molecule has 3 heterocycles. The van der Waals surface area contributed by atoms with Gasteiger partial charge in [-0.05, 0) is 43.9 Å². The van der Waals surface area contributed by atoms with E-state index in [1.165, 1.54) is 6.20 Å². The van der Waals surface area contributed by atoms with Crippen LogP contribution in [0.5, 0.6) is 0 Å². The number of benzene rings is 1. The Morgan fingerprint density at radius 3 is 2.69 bits per heavy atom. The van der Waals surface area contributed by atoms with Crippen LogP contribution in [0.2, 0.25) is 0 Å². The highest BCUT2D eigenvalue weighted by molar-refractivity contribution is 7.80. The molecule has 0 spiro atoms. The molecule has 1 aliphatic heterocycles. The summed E-state index contributed by atoms with van der Waals surface area (Å²) in [5.74, 6) is -2.78. The molecule has 1 aliphatic carbocycles. The first-order chi connectivity index (χ1) is 17.2. The second kappa shape index (κ2) is 9.75. The first kappa shape index (κ1) is 25.2. The third-order valence-corrected chi connectivity index (χ3v) is 8.01. The van der Waals surface area contributed by atoms with Crippen molar-refractivity contribution in [3.63, 3.8) is 0 Å². The Balaban J connectivity index is 1.51. The van der Waals surface area contributed by atoms with Gasteiger partial charge in [0.2, 0.25) is 5.92 Å². The fourth-order valence-electron chi connectivity index (χ4n) is 5.46. The topological polar surface area (TPSA) is 94.5 Å². The number of H-pyrrole nitrogens is 1. The number of carbonyl (C=O) groups is 1. The van der Waals surface area contributed by atoms with Gasteiger partial charge in [0.25, 0.3) is 11.5 Å². The number of aliphatic hydroxyl groups excluding tert-OH is 1. The number of pyridine rings is 1. The number of fused-ring (bicyclic) bond motifs is 3. The predicted octanol–water partition coefficient (Wildman–Crippen LogP) is 3.33. The van der Waals surface area contributed by atoms with Gasteiger partial charge < -0.3 is 15.0 Å². The minimum Gasteiger partial charge on any atom is -0.396 e. The summed E-state index contributed by atoms with van der Waals surface area (Å²) in [6, 6.07) is 3.36. The lowest BCUT2D eigenvalue weighted by Gasteiger charge is -2.39. The molecule has 1 saturated carbocycles. The standard InChI is InChI=1S/C25H31F2N5O3S/c1-15-11-20-18(12-17(15)24(35)31-9-8-30(7-2-10-33)21(36)14-31)22-19(23(34)29-20)13-28-32(22)16-3-5-25(26,27)6-4-16/h11-13,16,21,33,36H,2-10,14H2,1H3,(H,29,34). The van der Waals surface area contributed by atoms with Crippen LogP contribution in [0.15, 0.2) is 23.1 Å². The molecule has 3 aromatic rings. The van der Waals surface area contributed by atoms with Gasteiger partial charge in [0, 0.05) is 56.6 Å². The SMILES string of the molecule is Cc1cc2[nH]c(=O)c3cnn(C4CCC(F)(F)CC4)c3c2cc1C(=O)N1CCN(CCCO)C(S)C1. The average molecular weight is 520 g/mol. The van der Waals surface area contributed by atoms with E-state index in [2.05, 4.69) is 27.6 Å². The number of aromatic amines is 1. The minimum absolute atomic E-state index is 0.113. The molecule has 2 aliphatic rings. The first-order valence-electron chi connectivity index (χ1n) is 12.4. The van der Waals surface area contributed by atoms with E-state index >= 15 is 0 Å². The summed E-state index contributed by atoms with van der Waals surface area (Å²) in [5.41, 5.74) is 2.15. The van der Waals surface area contributed by atoms with E-state index in [0.29, 0.717) is 53.4 Å². The molecule has 36 heavy (non-hydrogen) atoms. The van der Waals surface area contributed by atoms with Crippen molar-refractivity contribution in [2.75, 3.05) is 32.8 Å². The van der Waals surface area contributed by atoms with Crippen molar-refractivity contribution in [1.82, 2.24) is 24.6 Å². The summed E-state index contributed by atoms with van der Waals surface area (Å²) in [5, 5.41) is 14.5. The van der Waals surface area contributed by atoms with Gasteiger partial charge in [-0.25, -0.2) is 8.78 Å². The van der Waals surface area contributed by atoms with Crippen LogP contribution in [-0.4, -0.2) is 79.7 Å². The van der Waals surface area contributed by atoms with Crippen molar-refractivity contribution in [2.45, 2.75) is 56.4 Å². The number of aryl methyl sites for hydroxylation is 1. The number of aliphatic hydroxyl groups is 1. The number of hydrogen-bond acceptors (Lipinski definition) is 6. The van der Waals surface area contributed by atoms with Crippen molar-refractivity contribution in [1.29, 1.82) is 0 Å². The molecule has 1 amide bonds. The number of halogens is 2. The van der Waals surface area contributed by atoms with Crippen LogP contribution in [0.3, 0.4) is 0 Å². The Labute approximate surface area is 212 Å². The van der Waals surface area contributed by atoms with Crippen LogP contribution in [0.1, 0.15) is 54.1 Å². The Kier molecular flexibility index (Phi) is 6.82. The highest BCUT2D eigenvalue weighted by Crippen LogP contribution is 2.40. The maximum absolute atomic E-state index is 13.8. The van der Waals surface area contributed by atoms with Crippen LogP contribution >= 0.6 is 12.6 Å². The van der Waals surface area contributed by atoms with Gasteiger partial charge in [0.1, 0.15) is 0 Å². The molecule has 1 unspecified atom stereocenters. The smallest absolute Gasteiger partial charge is 0.259 e. The first-order valence-corrected chi connectivity index (χ1v) is 12.9. The number of carbonyl (C=O) groups excluding carboxylic acids is 1. The number of hydrogen-bond donors (Lipinski definition) is 3. The molecule has 11 heteroatoms. The number of thiol groups is 1. The van der Waals surface area contributed by atoms with Crippen molar-refractivity contribution in [3.8, 4) is 0 Å². The quantitative estimate of drug-likeness (QED) is 0.450. The summed E-state index contributed by atoms with van der Waals surface area (Å²) in [4.78, 5) is 33.2. The van der Waals surface area contributed by atoms with Crippen LogP contribution in [0, 0.1) is 6.92 Å². The third kappa shape index (κ3) is 4.64. The summed E-state index contributed by atoms with van der Waals surface area (Å²) < 4.78 is 29.3. The Morgan fingerprint density at radius 2 is 2.00 bits per heavy atom. The lowest BCUT2D eigenvalue weighted by Crippen LogP contribution is -2.53. The zero-order chi connectivity index (χ0) is 25.6. The lowest BCUT2D eigenvalue weighted by atomic mass is 9.92. The summed E-state index contributed by atoms with van der Waals surface area (Å²) in [6.45, 7) is 4.36. The fraction of sp³-hybridized carbons (Fsp3) is 0.560. The minimum atomic E-state index is -2.66. The zero-order valence-electron chi connectivity index (χ0n) is 20.2. The van der Waals surface area contributed by atoms with E-state index in [1.807, 2.05) is 6.92 Å². The van der Waals surface area contributed by atoms with E-state index in [1.54, 1.807) is 21.7 Å². The maximum Gasteiger partial charge on any atom is 0.259 e. The Morgan fingerprint density at radius 1 is 1.25 bits per heavy atom. The average Bonchev–Trinajstić information content (AvgIpc) is 3.28. The Hall–Kier alpha value is -2.50. The van der Waals surface area contributed by atoms with Crippen molar-refractivity contribution < 1.29 is 18.7 Å². The number of alkyl halides is 2. The molecule has 194 valence electrons. The molecule has 0 radical (unpaired) electrons. The van der Waals surface area contributed by atoms with E-state index in [4.69, 9.17) is 5.11 Å². The largest absolute Gasteiger partial charge is 0.396 e. The van der Waals surface area contributed by atoms with Crippen molar-refractivity contribution in [3.05, 3.63) is 39.8 Å². The van der Waals surface area contributed by atoms with E-state index in [9.17, 15) is 18.4 Å². The summed E-state index contributed by atoms with van der Waals surface area (Å²) >= 11 is 4.66. The summed E-state index contributed by atoms with van der Waals surface area (Å²) in [6.07, 6.45) is 2.28. The highest BCUT2D eigenvalue weighted by Gasteiger charge is 2.36. The molecule has 5 rings (SSSR count). The number of piperazine rings is 1. The van der Waals surface area contributed by atoms with Gasteiger partial charge >= 0.3 is 0 Å². The third-order valence-electron chi connectivity index (χ3n) is 7.52. The molecular formula is C25H31F2N5O3S. The van der Waals surface area contributed by atoms with Gasteiger partial charge in [0.15, 0.2) is 0 Å². The van der Waals surface area contributed by atoms with Gasteiger partial charge in [-0.1, -0.05) is 0 Å². The number of nitrogens with zero attached hydrogens (tertiary/aromatic N) is 4. The molecule has 2 fully saturated rings. The van der Waals surface area contributed by atoms with Crippen LogP contribution in [0.25, 0.3) is 21.8 Å². The molecular weight excluding hydrogens is 488 g/mol. The van der Waals surface area contributed by atoms with Crippen LogP contribution < -0.4 is 5.56 Å². The van der Waals surface area contributed by atoms with E-state index in [0.717, 1.165) is 12.1 Å². The number of amides is 1. The second-order valence-electron chi connectivity index (χ2n) is 9.95. The van der Waals surface area contributed by atoms with E-state index in [-0.39, 0.29) is 55.2 Å². The van der Waals surface area contributed by atoms with Gasteiger partial charge in [-0.2, -0.15) is 17.7 Å². The fourth-order valence-corrected chi connectivity index (χ4v) is 5.89. The number of nitrogens with one attached hydrogen (secondary N) is 1. The Bertz CT molecular complexity index is 1350. The normalized spacial score (nSPS) is 21.5. The predicted molar refractivity (Wildman–Crippen MR) is 137 cm³/mol. The number of rotatable bonds is 5. The van der Waals surface area contributed by atoms with Crippen molar-refractivity contribution in [2.24, 2.45) is 0 Å². The van der Waals surface area contributed by atoms with Crippen LogP contribution in [-0.2, 0) is 0 Å². The lowest BCUT2D eigenvalue weighted by molar-refractivity contribution is -0.0445. The maximum atomic E-state index is 13.8. The molecule has 1 aromatic carbocycles. The molecule has 8 nitrogen and oxygen atoms in total. The summed E-state index contributed by atoms with van der Waals surface area (Å²) in [7, 11) is 0. The van der Waals surface area contributed by atoms with Crippen molar-refractivity contribution >= 4 is 40.3 Å². The van der Waals surface area contributed by atoms with Gasteiger partial charge in [-0.15, -0.1) is 0 Å².